The highest BCUT2D eigenvalue weighted by Crippen LogP contribution is 2.33. The van der Waals surface area contributed by atoms with Gasteiger partial charge < -0.3 is 4.74 Å². The maximum absolute atomic E-state index is 12.7. The van der Waals surface area contributed by atoms with Crippen molar-refractivity contribution in [2.45, 2.75) is 26.7 Å². The molecule has 0 unspecified atom stereocenters. The average Bonchev–Trinajstić information content (AvgIpc) is 2.61. The first-order valence-electron chi connectivity index (χ1n) is 8.28. The van der Waals surface area contributed by atoms with Crippen LogP contribution in [0.4, 0.5) is 0 Å². The van der Waals surface area contributed by atoms with Crippen molar-refractivity contribution < 1.29 is 9.53 Å². The lowest BCUT2D eigenvalue weighted by molar-refractivity contribution is 0.0529. The summed E-state index contributed by atoms with van der Waals surface area (Å²) >= 11 is 0. The first-order chi connectivity index (χ1) is 11.6. The Morgan fingerprint density at radius 3 is 2.25 bits per heavy atom. The summed E-state index contributed by atoms with van der Waals surface area (Å²) in [5.74, 6) is -0.0658. The van der Waals surface area contributed by atoms with Crippen molar-refractivity contribution in [1.29, 1.82) is 0 Å². The lowest BCUT2D eigenvalue weighted by Crippen LogP contribution is -2.11. The second-order valence-corrected chi connectivity index (χ2v) is 6.01. The van der Waals surface area contributed by atoms with Gasteiger partial charge in [-0.05, 0) is 12.8 Å². The number of benzene rings is 2. The Labute approximate surface area is 142 Å². The number of ether oxygens (including phenoxy) is 1. The Kier molecular flexibility index (Phi) is 4.61. The predicted octanol–water partition coefficient (Wildman–Crippen LogP) is 5.20. The van der Waals surface area contributed by atoms with Crippen LogP contribution in [0.1, 0.15) is 42.7 Å². The van der Waals surface area contributed by atoms with Gasteiger partial charge in [-0.2, -0.15) is 0 Å². The van der Waals surface area contributed by atoms with Gasteiger partial charge in [0.25, 0.3) is 0 Å². The minimum atomic E-state index is -0.324. The first kappa shape index (κ1) is 16.2. The van der Waals surface area contributed by atoms with Gasteiger partial charge in [0.15, 0.2) is 0 Å². The fourth-order valence-corrected chi connectivity index (χ4v) is 2.94. The van der Waals surface area contributed by atoms with Gasteiger partial charge in [0.2, 0.25) is 0 Å². The summed E-state index contributed by atoms with van der Waals surface area (Å²) in [6.07, 6.45) is 0. The Bertz CT molecular complexity index is 870. The normalized spacial score (nSPS) is 11.0. The van der Waals surface area contributed by atoms with E-state index in [-0.39, 0.29) is 11.9 Å². The van der Waals surface area contributed by atoms with E-state index in [4.69, 9.17) is 9.72 Å². The van der Waals surface area contributed by atoms with E-state index < -0.39 is 0 Å². The van der Waals surface area contributed by atoms with E-state index >= 15 is 0 Å². The summed E-state index contributed by atoms with van der Waals surface area (Å²) in [7, 11) is 0. The number of esters is 1. The third-order valence-corrected chi connectivity index (χ3v) is 4.02. The highest BCUT2D eigenvalue weighted by molar-refractivity contribution is 6.09. The molecule has 0 aliphatic heterocycles. The third kappa shape index (κ3) is 2.90. The fraction of sp³-hybridized carbons (Fsp3) is 0.238. The fourth-order valence-electron chi connectivity index (χ4n) is 2.94. The molecule has 24 heavy (non-hydrogen) atoms. The van der Waals surface area contributed by atoms with Crippen molar-refractivity contribution in [3.63, 3.8) is 0 Å². The lowest BCUT2D eigenvalue weighted by Gasteiger charge is -2.17. The number of rotatable bonds is 4. The molecular formula is C21H21NO2. The SMILES string of the molecule is CCOC(=O)c1c(-c2ccccc2)nc(C(C)C)c2ccccc12. The Morgan fingerprint density at radius 2 is 1.62 bits per heavy atom. The maximum atomic E-state index is 12.7. The van der Waals surface area contributed by atoms with E-state index in [9.17, 15) is 4.79 Å². The zero-order valence-electron chi connectivity index (χ0n) is 14.2. The maximum Gasteiger partial charge on any atom is 0.340 e. The van der Waals surface area contributed by atoms with Crippen molar-refractivity contribution in [2.75, 3.05) is 6.61 Å². The minimum absolute atomic E-state index is 0.258. The summed E-state index contributed by atoms with van der Waals surface area (Å²) in [6, 6.07) is 17.7. The topological polar surface area (TPSA) is 39.2 Å². The molecule has 0 aliphatic carbocycles. The second kappa shape index (κ2) is 6.83. The molecule has 0 bridgehead atoms. The van der Waals surface area contributed by atoms with Gasteiger partial charge in [0.1, 0.15) is 0 Å². The molecular weight excluding hydrogens is 298 g/mol. The summed E-state index contributed by atoms with van der Waals surface area (Å²) in [5.41, 5.74) is 3.16. The smallest absolute Gasteiger partial charge is 0.340 e. The number of carbonyl (C=O) groups is 1. The predicted molar refractivity (Wildman–Crippen MR) is 97.2 cm³/mol. The van der Waals surface area contributed by atoms with Crippen molar-refractivity contribution >= 4 is 16.7 Å². The van der Waals surface area contributed by atoms with Gasteiger partial charge in [0, 0.05) is 16.3 Å². The molecule has 1 aromatic heterocycles. The van der Waals surface area contributed by atoms with E-state index in [1.807, 2.05) is 61.5 Å². The summed E-state index contributed by atoms with van der Waals surface area (Å²) < 4.78 is 5.32. The van der Waals surface area contributed by atoms with E-state index in [2.05, 4.69) is 13.8 Å². The van der Waals surface area contributed by atoms with Crippen LogP contribution in [0, 0.1) is 0 Å². The first-order valence-corrected chi connectivity index (χ1v) is 8.28. The Hall–Kier alpha value is -2.68. The van der Waals surface area contributed by atoms with Crippen LogP contribution >= 0.6 is 0 Å². The Balaban J connectivity index is 2.40. The molecule has 0 amide bonds. The van der Waals surface area contributed by atoms with E-state index in [1.54, 1.807) is 0 Å². The highest BCUT2D eigenvalue weighted by Gasteiger charge is 2.22. The van der Waals surface area contributed by atoms with Gasteiger partial charge in [0.05, 0.1) is 23.6 Å². The molecule has 2 aromatic carbocycles. The van der Waals surface area contributed by atoms with Crippen LogP contribution in [0.5, 0.6) is 0 Å². The van der Waals surface area contributed by atoms with Crippen molar-refractivity contribution in [1.82, 2.24) is 4.98 Å². The van der Waals surface area contributed by atoms with Crippen molar-refractivity contribution in [2.24, 2.45) is 0 Å². The molecule has 3 nitrogen and oxygen atoms in total. The van der Waals surface area contributed by atoms with Crippen molar-refractivity contribution in [3.8, 4) is 11.3 Å². The third-order valence-electron chi connectivity index (χ3n) is 4.02. The van der Waals surface area contributed by atoms with Crippen LogP contribution in [0.15, 0.2) is 54.6 Å². The molecule has 0 spiro atoms. The molecule has 0 saturated carbocycles. The number of pyridine rings is 1. The highest BCUT2D eigenvalue weighted by atomic mass is 16.5. The van der Waals surface area contributed by atoms with Gasteiger partial charge in [-0.1, -0.05) is 68.4 Å². The Morgan fingerprint density at radius 1 is 1.00 bits per heavy atom. The minimum Gasteiger partial charge on any atom is -0.462 e. The van der Waals surface area contributed by atoms with Gasteiger partial charge in [-0.3, -0.25) is 4.98 Å². The van der Waals surface area contributed by atoms with Crippen LogP contribution in [0.3, 0.4) is 0 Å². The van der Waals surface area contributed by atoms with Crippen LogP contribution < -0.4 is 0 Å². The number of nitrogens with zero attached hydrogens (tertiary/aromatic N) is 1. The van der Waals surface area contributed by atoms with E-state index in [0.29, 0.717) is 17.9 Å². The van der Waals surface area contributed by atoms with Crippen LogP contribution in [0.2, 0.25) is 0 Å². The second-order valence-electron chi connectivity index (χ2n) is 6.01. The van der Waals surface area contributed by atoms with Gasteiger partial charge >= 0.3 is 5.97 Å². The van der Waals surface area contributed by atoms with Crippen molar-refractivity contribution in [3.05, 3.63) is 65.9 Å². The van der Waals surface area contributed by atoms with Gasteiger partial charge in [-0.15, -0.1) is 0 Å². The summed E-state index contributed by atoms with van der Waals surface area (Å²) in [6.45, 7) is 6.40. The lowest BCUT2D eigenvalue weighted by atomic mass is 9.94. The van der Waals surface area contributed by atoms with Crippen LogP contribution in [-0.4, -0.2) is 17.6 Å². The number of aromatic nitrogens is 1. The number of hydrogen-bond donors (Lipinski definition) is 0. The van der Waals surface area contributed by atoms with E-state index in [0.717, 1.165) is 22.0 Å². The molecule has 0 N–H and O–H groups in total. The largest absolute Gasteiger partial charge is 0.462 e. The quantitative estimate of drug-likeness (QED) is 0.620. The standard InChI is InChI=1S/C21H21NO2/c1-4-24-21(23)18-16-12-8-9-13-17(16)19(14(2)3)22-20(18)15-10-6-5-7-11-15/h5-14H,4H2,1-3H3. The molecule has 1 heterocycles. The number of fused-ring (bicyclic) bond motifs is 1. The number of hydrogen-bond acceptors (Lipinski definition) is 3. The zero-order valence-corrected chi connectivity index (χ0v) is 14.2. The summed E-state index contributed by atoms with van der Waals surface area (Å²) in [4.78, 5) is 17.5. The molecule has 0 fully saturated rings. The molecule has 3 aromatic rings. The summed E-state index contributed by atoms with van der Waals surface area (Å²) in [5, 5.41) is 1.91. The zero-order chi connectivity index (χ0) is 17.1. The molecule has 0 radical (unpaired) electrons. The van der Waals surface area contributed by atoms with E-state index in [1.165, 1.54) is 0 Å². The average molecular weight is 319 g/mol. The number of carbonyl (C=O) groups excluding carboxylic acids is 1. The molecule has 0 saturated heterocycles. The van der Waals surface area contributed by atoms with Gasteiger partial charge in [-0.25, -0.2) is 4.79 Å². The molecule has 3 heteroatoms. The molecule has 0 aliphatic rings. The monoisotopic (exact) mass is 319 g/mol. The molecule has 122 valence electrons. The molecule has 0 atom stereocenters. The van der Waals surface area contributed by atoms with Crippen LogP contribution in [-0.2, 0) is 4.74 Å². The molecule has 3 rings (SSSR count). The van der Waals surface area contributed by atoms with Crippen LogP contribution in [0.25, 0.3) is 22.0 Å².